The Balaban J connectivity index is 1.99. The molecule has 1 aliphatic heterocycles. The van der Waals surface area contributed by atoms with Gasteiger partial charge in [-0.2, -0.15) is 10.1 Å². The van der Waals surface area contributed by atoms with Gasteiger partial charge in [-0.1, -0.05) is 25.8 Å². The maximum atomic E-state index is 12.5. The number of aliphatic imine (C=N–C) groups is 1. The molecule has 7 heteroatoms. The van der Waals surface area contributed by atoms with Crippen LogP contribution in [-0.2, 0) is 16.0 Å². The van der Waals surface area contributed by atoms with E-state index in [2.05, 4.69) is 11.6 Å². The summed E-state index contributed by atoms with van der Waals surface area (Å²) in [6.07, 6.45) is 5.41. The molecule has 130 valence electrons. The molecule has 6 nitrogen and oxygen atoms in total. The average molecular weight is 336 g/mol. The molecule has 0 aromatic carbocycles. The molecule has 0 spiro atoms. The molecule has 0 atom stereocenters. The Bertz CT molecular complexity index is 709. The number of hydroxylamine groups is 1. The summed E-state index contributed by atoms with van der Waals surface area (Å²) in [6.45, 7) is 3.00. The van der Waals surface area contributed by atoms with Crippen molar-refractivity contribution in [1.82, 2.24) is 0 Å². The maximum Gasteiger partial charge on any atom is 0.337 e. The molecule has 0 unspecified atom stereocenters. The molecule has 1 aliphatic carbocycles. The second-order valence-electron chi connectivity index (χ2n) is 5.95. The van der Waals surface area contributed by atoms with E-state index >= 15 is 0 Å². The van der Waals surface area contributed by atoms with Gasteiger partial charge in [0.05, 0.1) is 7.11 Å². The van der Waals surface area contributed by atoms with Crippen LogP contribution < -0.4 is 10.7 Å². The Morgan fingerprint density at radius 1 is 1.50 bits per heavy atom. The van der Waals surface area contributed by atoms with Gasteiger partial charge in [0, 0.05) is 6.07 Å². The highest BCUT2D eigenvalue weighted by Gasteiger charge is 2.31. The van der Waals surface area contributed by atoms with Crippen molar-refractivity contribution in [2.24, 2.45) is 10.9 Å². The SMILES string of the molecule is C=C1N=C(OCCF)c2c(CCC3CCC3)cc(=O)oc2N1OC. The van der Waals surface area contributed by atoms with Crippen LogP contribution in [0.15, 0.2) is 32.7 Å². The van der Waals surface area contributed by atoms with Gasteiger partial charge < -0.3 is 9.15 Å². The second kappa shape index (κ2) is 7.17. The molecule has 0 bridgehead atoms. The quantitative estimate of drug-likeness (QED) is 0.799. The first-order valence-corrected chi connectivity index (χ1v) is 8.12. The maximum absolute atomic E-state index is 12.5. The van der Waals surface area contributed by atoms with Crippen LogP contribution in [0, 0.1) is 5.92 Å². The minimum absolute atomic E-state index is 0.125. The third-order valence-corrected chi connectivity index (χ3v) is 4.43. The number of anilines is 1. The van der Waals surface area contributed by atoms with E-state index in [-0.39, 0.29) is 24.2 Å². The molecule has 1 aromatic heterocycles. The number of aryl methyl sites for hydroxylation is 1. The summed E-state index contributed by atoms with van der Waals surface area (Å²) in [7, 11) is 1.43. The topological polar surface area (TPSA) is 64.3 Å². The van der Waals surface area contributed by atoms with Crippen LogP contribution in [-0.4, -0.2) is 26.3 Å². The molecule has 1 saturated carbocycles. The summed E-state index contributed by atoms with van der Waals surface area (Å²) < 4.78 is 23.2. The van der Waals surface area contributed by atoms with Crippen LogP contribution in [0.1, 0.15) is 36.8 Å². The number of rotatable bonds is 6. The Kier molecular flexibility index (Phi) is 4.99. The van der Waals surface area contributed by atoms with Crippen LogP contribution in [0.3, 0.4) is 0 Å². The van der Waals surface area contributed by atoms with E-state index in [1.165, 1.54) is 37.5 Å². The molecule has 3 rings (SSSR count). The fourth-order valence-electron chi connectivity index (χ4n) is 3.00. The van der Waals surface area contributed by atoms with Gasteiger partial charge in [0.2, 0.25) is 11.8 Å². The zero-order valence-electron chi connectivity index (χ0n) is 13.7. The molecule has 1 aromatic rings. The van der Waals surface area contributed by atoms with Crippen LogP contribution in [0.4, 0.5) is 10.3 Å². The second-order valence-corrected chi connectivity index (χ2v) is 5.95. The minimum Gasteiger partial charge on any atom is -0.474 e. The van der Waals surface area contributed by atoms with Gasteiger partial charge in [-0.3, -0.25) is 4.84 Å². The smallest absolute Gasteiger partial charge is 0.337 e. The minimum atomic E-state index is -0.636. The third-order valence-electron chi connectivity index (χ3n) is 4.43. The van der Waals surface area contributed by atoms with Gasteiger partial charge in [-0.25, -0.2) is 9.18 Å². The monoisotopic (exact) mass is 336 g/mol. The van der Waals surface area contributed by atoms with Crippen molar-refractivity contribution < 1.29 is 18.4 Å². The summed E-state index contributed by atoms with van der Waals surface area (Å²) in [5.41, 5.74) is 0.843. The molecular weight excluding hydrogens is 315 g/mol. The van der Waals surface area contributed by atoms with Crippen molar-refractivity contribution in [3.8, 4) is 0 Å². The van der Waals surface area contributed by atoms with Crippen LogP contribution >= 0.6 is 0 Å². The Labute approximate surface area is 139 Å². The third kappa shape index (κ3) is 3.21. The van der Waals surface area contributed by atoms with Crippen LogP contribution in [0.25, 0.3) is 0 Å². The van der Waals surface area contributed by atoms with Crippen molar-refractivity contribution in [3.05, 3.63) is 40.0 Å². The number of nitrogens with zero attached hydrogens (tertiary/aromatic N) is 2. The molecule has 2 aliphatic rings. The number of halogens is 1. The van der Waals surface area contributed by atoms with Gasteiger partial charge in [-0.05, 0) is 24.3 Å². The number of hydrogen-bond acceptors (Lipinski definition) is 6. The van der Waals surface area contributed by atoms with E-state index in [1.807, 2.05) is 0 Å². The molecule has 0 N–H and O–H groups in total. The fraction of sp³-hybridized carbons (Fsp3) is 0.529. The molecule has 1 fully saturated rings. The van der Waals surface area contributed by atoms with E-state index in [9.17, 15) is 9.18 Å². The summed E-state index contributed by atoms with van der Waals surface area (Å²) in [6, 6.07) is 1.45. The number of alkyl halides is 1. The highest BCUT2D eigenvalue weighted by Crippen LogP contribution is 2.34. The molecule has 0 radical (unpaired) electrons. The fourth-order valence-corrected chi connectivity index (χ4v) is 3.00. The first-order chi connectivity index (χ1) is 11.6. The van der Waals surface area contributed by atoms with E-state index in [4.69, 9.17) is 14.0 Å². The summed E-state index contributed by atoms with van der Waals surface area (Å²) in [5, 5.41) is 1.24. The van der Waals surface area contributed by atoms with Gasteiger partial charge >= 0.3 is 5.63 Å². The molecular formula is C17H21FN2O4. The first kappa shape index (κ1) is 16.7. The van der Waals surface area contributed by atoms with Crippen molar-refractivity contribution in [1.29, 1.82) is 0 Å². The van der Waals surface area contributed by atoms with Crippen molar-refractivity contribution in [2.75, 3.05) is 25.5 Å². The zero-order valence-corrected chi connectivity index (χ0v) is 13.7. The largest absolute Gasteiger partial charge is 0.474 e. The summed E-state index contributed by atoms with van der Waals surface area (Å²) >= 11 is 0. The lowest BCUT2D eigenvalue weighted by atomic mass is 9.81. The zero-order chi connectivity index (χ0) is 17.1. The highest BCUT2D eigenvalue weighted by atomic mass is 19.1. The van der Waals surface area contributed by atoms with E-state index in [0.717, 1.165) is 12.0 Å². The first-order valence-electron chi connectivity index (χ1n) is 8.12. The predicted octanol–water partition coefficient (Wildman–Crippen LogP) is 2.96. The number of fused-ring (bicyclic) bond motifs is 1. The van der Waals surface area contributed by atoms with E-state index in [0.29, 0.717) is 17.9 Å². The number of hydrogen-bond donors (Lipinski definition) is 0. The molecule has 0 amide bonds. The summed E-state index contributed by atoms with van der Waals surface area (Å²) in [5.74, 6) is 1.30. The van der Waals surface area contributed by atoms with Crippen molar-refractivity contribution in [2.45, 2.75) is 32.1 Å². The van der Waals surface area contributed by atoms with Gasteiger partial charge in [0.1, 0.15) is 18.8 Å². The standard InChI is InChI=1S/C17H21FN2O4/c1-11-19-16(23-9-8-18)15-13(7-6-12-4-3-5-12)10-14(21)24-17(15)20(11)22-2/h10,12H,1,3-9H2,2H3. The Morgan fingerprint density at radius 3 is 2.92 bits per heavy atom. The molecule has 24 heavy (non-hydrogen) atoms. The molecule has 2 heterocycles. The lowest BCUT2D eigenvalue weighted by Crippen LogP contribution is -2.30. The summed E-state index contributed by atoms with van der Waals surface area (Å²) in [4.78, 5) is 21.4. The van der Waals surface area contributed by atoms with E-state index < -0.39 is 12.3 Å². The van der Waals surface area contributed by atoms with Gasteiger partial charge in [0.15, 0.2) is 5.82 Å². The lowest BCUT2D eigenvalue weighted by molar-refractivity contribution is 0.168. The van der Waals surface area contributed by atoms with E-state index in [1.54, 1.807) is 0 Å². The Morgan fingerprint density at radius 2 is 2.29 bits per heavy atom. The van der Waals surface area contributed by atoms with Crippen molar-refractivity contribution >= 4 is 11.8 Å². The van der Waals surface area contributed by atoms with Crippen LogP contribution in [0.2, 0.25) is 0 Å². The normalized spacial score (nSPS) is 17.3. The van der Waals surface area contributed by atoms with Gasteiger partial charge in [-0.15, -0.1) is 0 Å². The Hall–Kier alpha value is -2.15. The van der Waals surface area contributed by atoms with Gasteiger partial charge in [0.25, 0.3) is 0 Å². The molecule has 0 saturated heterocycles. The van der Waals surface area contributed by atoms with Crippen molar-refractivity contribution in [3.63, 3.8) is 0 Å². The number of ether oxygens (including phenoxy) is 1. The lowest BCUT2D eigenvalue weighted by Gasteiger charge is -2.29. The van der Waals surface area contributed by atoms with Crippen LogP contribution in [0.5, 0.6) is 0 Å². The average Bonchev–Trinajstić information content (AvgIpc) is 2.50. The predicted molar refractivity (Wildman–Crippen MR) is 87.7 cm³/mol. The highest BCUT2D eigenvalue weighted by molar-refractivity contribution is 6.02.